The molecule has 8 heteroatoms. The van der Waals surface area contributed by atoms with E-state index in [1.165, 1.54) is 6.07 Å². The Bertz CT molecular complexity index is 947. The van der Waals surface area contributed by atoms with Crippen molar-refractivity contribution < 1.29 is 44.6 Å². The van der Waals surface area contributed by atoms with Crippen LogP contribution in [0.5, 0.6) is 5.75 Å². The normalized spacial score (nSPS) is 21.4. The number of amidine groups is 1. The number of hydrogen-bond donors (Lipinski definition) is 1. The number of rotatable bonds is 4. The number of anilines is 1. The van der Waals surface area contributed by atoms with E-state index in [2.05, 4.69) is 4.58 Å². The largest absolute Gasteiger partial charge is 1.00 e. The predicted molar refractivity (Wildman–Crippen MR) is 109 cm³/mol. The fraction of sp³-hybridized carbons (Fsp3) is 0.435. The summed E-state index contributed by atoms with van der Waals surface area (Å²) in [5.74, 6) is 1.57. The molecule has 0 aromatic heterocycles. The van der Waals surface area contributed by atoms with Gasteiger partial charge in [-0.15, -0.1) is 0 Å². The predicted octanol–water partition coefficient (Wildman–Crippen LogP) is 1.76. The third kappa shape index (κ3) is 4.60. The van der Waals surface area contributed by atoms with E-state index in [4.69, 9.17) is 4.74 Å². The first kappa shape index (κ1) is 23.6. The topological polar surface area (TPSA) is 35.7 Å². The van der Waals surface area contributed by atoms with Gasteiger partial charge < -0.3 is 26.8 Å². The SMILES string of the molecule is CCOc1ccc(C2(O)C[N+]3=C(CCCCC3)N2c2cccc(C(F)(F)F)c2)cc1.[Br-]. The van der Waals surface area contributed by atoms with Crippen LogP contribution in [-0.4, -0.2) is 35.2 Å². The van der Waals surface area contributed by atoms with Crippen LogP contribution in [0.4, 0.5) is 18.9 Å². The van der Waals surface area contributed by atoms with E-state index in [0.29, 0.717) is 30.2 Å². The monoisotopic (exact) mass is 498 g/mol. The number of benzene rings is 2. The molecule has 0 radical (unpaired) electrons. The minimum absolute atomic E-state index is 0. The Hall–Kier alpha value is -2.06. The Morgan fingerprint density at radius 2 is 1.84 bits per heavy atom. The van der Waals surface area contributed by atoms with Crippen molar-refractivity contribution >= 4 is 11.5 Å². The third-order valence-electron chi connectivity index (χ3n) is 5.79. The summed E-state index contributed by atoms with van der Waals surface area (Å²) in [6.07, 6.45) is -0.714. The minimum atomic E-state index is -4.44. The molecule has 0 fully saturated rings. The molecular weight excluding hydrogens is 473 g/mol. The van der Waals surface area contributed by atoms with E-state index < -0.39 is 17.5 Å². The molecule has 1 N–H and O–H groups in total. The van der Waals surface area contributed by atoms with Crippen molar-refractivity contribution in [3.05, 3.63) is 59.7 Å². The highest BCUT2D eigenvalue weighted by Crippen LogP contribution is 2.40. The smallest absolute Gasteiger partial charge is 0.416 e. The van der Waals surface area contributed by atoms with Crippen molar-refractivity contribution in [3.8, 4) is 5.75 Å². The molecule has 0 aliphatic carbocycles. The van der Waals surface area contributed by atoms with Crippen molar-refractivity contribution in [2.45, 2.75) is 44.5 Å². The number of nitrogens with zero attached hydrogens (tertiary/aromatic N) is 2. The first-order chi connectivity index (χ1) is 14.3. The zero-order chi connectivity index (χ0) is 21.4. The zero-order valence-corrected chi connectivity index (χ0v) is 18.9. The number of alkyl halides is 3. The first-order valence-corrected chi connectivity index (χ1v) is 10.4. The average Bonchev–Trinajstić information content (AvgIpc) is 2.84. The molecule has 2 heterocycles. The Balaban J connectivity index is 0.00000272. The summed E-state index contributed by atoms with van der Waals surface area (Å²) in [4.78, 5) is 1.70. The maximum Gasteiger partial charge on any atom is 0.416 e. The van der Waals surface area contributed by atoms with Crippen molar-refractivity contribution in [3.63, 3.8) is 0 Å². The molecule has 1 unspecified atom stereocenters. The lowest BCUT2D eigenvalue weighted by molar-refractivity contribution is -0.534. The van der Waals surface area contributed by atoms with Crippen LogP contribution >= 0.6 is 0 Å². The van der Waals surface area contributed by atoms with Gasteiger partial charge in [0, 0.05) is 12.0 Å². The fourth-order valence-corrected chi connectivity index (χ4v) is 4.41. The molecular formula is C23H26BrF3N2O2. The first-order valence-electron chi connectivity index (χ1n) is 10.4. The highest BCUT2D eigenvalue weighted by atomic mass is 79.9. The minimum Gasteiger partial charge on any atom is -1.00 e. The summed E-state index contributed by atoms with van der Waals surface area (Å²) in [6, 6.07) is 12.4. The second-order valence-corrected chi connectivity index (χ2v) is 7.81. The highest BCUT2D eigenvalue weighted by molar-refractivity contribution is 5.97. The second kappa shape index (κ2) is 9.20. The molecule has 4 rings (SSSR count). The molecule has 168 valence electrons. The van der Waals surface area contributed by atoms with Gasteiger partial charge in [-0.3, -0.25) is 4.58 Å². The van der Waals surface area contributed by atoms with Gasteiger partial charge in [-0.2, -0.15) is 18.1 Å². The summed E-state index contributed by atoms with van der Waals surface area (Å²) >= 11 is 0. The molecule has 4 nitrogen and oxygen atoms in total. The van der Waals surface area contributed by atoms with Crippen LogP contribution in [0.1, 0.15) is 43.7 Å². The quantitative estimate of drug-likeness (QED) is 0.652. The van der Waals surface area contributed by atoms with Gasteiger partial charge in [0.1, 0.15) is 11.4 Å². The van der Waals surface area contributed by atoms with Crippen LogP contribution in [0, 0.1) is 0 Å². The zero-order valence-electron chi connectivity index (χ0n) is 17.3. The molecule has 0 saturated heterocycles. The number of aliphatic hydroxyl groups is 1. The summed E-state index contributed by atoms with van der Waals surface area (Å²) < 4.78 is 47.7. The Morgan fingerprint density at radius 3 is 2.52 bits per heavy atom. The van der Waals surface area contributed by atoms with E-state index in [1.807, 2.05) is 6.92 Å². The fourth-order valence-electron chi connectivity index (χ4n) is 4.41. The van der Waals surface area contributed by atoms with E-state index in [-0.39, 0.29) is 17.0 Å². The standard InChI is InChI=1S/C23H26F3N2O2.BrH/c1-2-30-20-12-10-17(11-13-20)22(29)16-27-14-5-3-4-9-21(27)28(22)19-8-6-7-18(15-19)23(24,25)26;/h6-8,10-13,15,29H,2-5,9,14,16H2,1H3;1H/q+1;/p-1. The van der Waals surface area contributed by atoms with E-state index >= 15 is 0 Å². The summed E-state index contributed by atoms with van der Waals surface area (Å²) in [5.41, 5.74) is -1.20. The van der Waals surface area contributed by atoms with Gasteiger partial charge in [0.15, 0.2) is 6.54 Å². The average molecular weight is 499 g/mol. The summed E-state index contributed by atoms with van der Waals surface area (Å²) in [6.45, 7) is 3.52. The van der Waals surface area contributed by atoms with Crippen LogP contribution in [0.3, 0.4) is 0 Å². The van der Waals surface area contributed by atoms with Crippen molar-refractivity contribution in [1.29, 1.82) is 0 Å². The molecule has 2 aliphatic heterocycles. The summed E-state index contributed by atoms with van der Waals surface area (Å²) in [7, 11) is 0. The molecule has 2 aromatic carbocycles. The van der Waals surface area contributed by atoms with Crippen LogP contribution in [-0.2, 0) is 11.9 Å². The maximum absolute atomic E-state index is 13.4. The van der Waals surface area contributed by atoms with Crippen molar-refractivity contribution in [1.82, 2.24) is 0 Å². The molecule has 0 bridgehead atoms. The van der Waals surface area contributed by atoms with Crippen molar-refractivity contribution in [2.75, 3.05) is 24.6 Å². The maximum atomic E-state index is 13.4. The van der Waals surface area contributed by atoms with Crippen LogP contribution < -0.4 is 26.6 Å². The van der Waals surface area contributed by atoms with E-state index in [1.54, 1.807) is 35.2 Å². The van der Waals surface area contributed by atoms with Crippen LogP contribution in [0.15, 0.2) is 48.5 Å². The third-order valence-corrected chi connectivity index (χ3v) is 5.79. The lowest BCUT2D eigenvalue weighted by Gasteiger charge is -2.29. The molecule has 0 amide bonds. The molecule has 0 saturated carbocycles. The van der Waals surface area contributed by atoms with E-state index in [0.717, 1.165) is 50.2 Å². The number of halogens is 4. The van der Waals surface area contributed by atoms with Crippen LogP contribution in [0.25, 0.3) is 0 Å². The Morgan fingerprint density at radius 1 is 1.10 bits per heavy atom. The lowest BCUT2D eigenvalue weighted by atomic mass is 9.99. The van der Waals surface area contributed by atoms with Gasteiger partial charge in [-0.25, -0.2) is 0 Å². The molecule has 1 atom stereocenters. The van der Waals surface area contributed by atoms with Gasteiger partial charge in [-0.05, 0) is 68.7 Å². The molecule has 31 heavy (non-hydrogen) atoms. The molecule has 2 aliphatic rings. The summed E-state index contributed by atoms with van der Waals surface area (Å²) in [5, 5.41) is 11.9. The van der Waals surface area contributed by atoms with Gasteiger partial charge in [0.05, 0.1) is 18.7 Å². The molecule has 2 aromatic rings. The van der Waals surface area contributed by atoms with Gasteiger partial charge in [0.25, 0.3) is 11.6 Å². The molecule has 0 spiro atoms. The van der Waals surface area contributed by atoms with Gasteiger partial charge in [-0.1, -0.05) is 6.07 Å². The Labute approximate surface area is 190 Å². The van der Waals surface area contributed by atoms with Crippen molar-refractivity contribution in [2.24, 2.45) is 0 Å². The number of ether oxygens (including phenoxy) is 1. The lowest BCUT2D eigenvalue weighted by Crippen LogP contribution is -3.00. The van der Waals surface area contributed by atoms with Crippen LogP contribution in [0.2, 0.25) is 0 Å². The highest BCUT2D eigenvalue weighted by Gasteiger charge is 2.54. The Kier molecular flexibility index (Phi) is 7.01. The van der Waals surface area contributed by atoms with Gasteiger partial charge >= 0.3 is 6.18 Å². The van der Waals surface area contributed by atoms with E-state index in [9.17, 15) is 18.3 Å². The second-order valence-electron chi connectivity index (χ2n) is 7.81. The number of hydrogen-bond acceptors (Lipinski definition) is 3. The van der Waals surface area contributed by atoms with Gasteiger partial charge in [0.2, 0.25) is 0 Å².